The minimum atomic E-state index is -0.513. The third-order valence-electron chi connectivity index (χ3n) is 3.78. The number of anilines is 1. The molecular formula is C22H19NO4S. The van der Waals surface area contributed by atoms with Crippen LogP contribution in [0.3, 0.4) is 0 Å². The molecule has 0 heterocycles. The van der Waals surface area contributed by atoms with Gasteiger partial charge in [0.2, 0.25) is 0 Å². The summed E-state index contributed by atoms with van der Waals surface area (Å²) < 4.78 is 10.3. The Labute approximate surface area is 167 Å². The first-order chi connectivity index (χ1) is 13.7. The van der Waals surface area contributed by atoms with E-state index in [1.807, 2.05) is 54.6 Å². The van der Waals surface area contributed by atoms with Crippen molar-refractivity contribution in [1.82, 2.24) is 0 Å². The molecule has 1 N–H and O–H groups in total. The van der Waals surface area contributed by atoms with E-state index in [0.717, 1.165) is 9.79 Å². The summed E-state index contributed by atoms with van der Waals surface area (Å²) in [7, 11) is 1.30. The summed E-state index contributed by atoms with van der Waals surface area (Å²) in [5.41, 5.74) is 0.976. The number of ether oxygens (including phenoxy) is 2. The maximum absolute atomic E-state index is 12.4. The Morgan fingerprint density at radius 2 is 1.57 bits per heavy atom. The van der Waals surface area contributed by atoms with Gasteiger partial charge in [0, 0.05) is 9.79 Å². The van der Waals surface area contributed by atoms with Gasteiger partial charge >= 0.3 is 5.97 Å². The van der Waals surface area contributed by atoms with Gasteiger partial charge in [0.25, 0.3) is 5.91 Å². The molecular weight excluding hydrogens is 374 g/mol. The highest BCUT2D eigenvalue weighted by atomic mass is 32.2. The Kier molecular flexibility index (Phi) is 6.70. The van der Waals surface area contributed by atoms with Gasteiger partial charge in [0.15, 0.2) is 6.61 Å². The fourth-order valence-corrected chi connectivity index (χ4v) is 3.40. The second-order valence-electron chi connectivity index (χ2n) is 5.74. The first-order valence-corrected chi connectivity index (χ1v) is 9.41. The van der Waals surface area contributed by atoms with Crippen LogP contribution in [0.2, 0.25) is 0 Å². The molecule has 0 aliphatic carbocycles. The van der Waals surface area contributed by atoms with Crippen LogP contribution >= 0.6 is 11.8 Å². The number of esters is 1. The molecule has 6 heteroatoms. The average molecular weight is 393 g/mol. The predicted molar refractivity (Wildman–Crippen MR) is 109 cm³/mol. The minimum Gasteiger partial charge on any atom is -0.483 e. The monoisotopic (exact) mass is 393 g/mol. The molecule has 0 aliphatic rings. The number of rotatable bonds is 7. The van der Waals surface area contributed by atoms with E-state index in [0.29, 0.717) is 11.4 Å². The standard InChI is InChI=1S/C22H19NO4S/c1-26-22(25)17-11-5-7-13-19(17)27-15-21(24)23-18-12-6-8-14-20(18)28-16-9-3-2-4-10-16/h2-14H,15H2,1H3,(H,23,24). The zero-order valence-corrected chi connectivity index (χ0v) is 16.1. The third-order valence-corrected chi connectivity index (χ3v) is 4.87. The van der Waals surface area contributed by atoms with Crippen molar-refractivity contribution in [3.63, 3.8) is 0 Å². The quantitative estimate of drug-likeness (QED) is 0.593. The van der Waals surface area contributed by atoms with E-state index in [1.54, 1.807) is 36.0 Å². The van der Waals surface area contributed by atoms with E-state index in [-0.39, 0.29) is 18.1 Å². The number of para-hydroxylation sites is 2. The fraction of sp³-hybridized carbons (Fsp3) is 0.0909. The summed E-state index contributed by atoms with van der Waals surface area (Å²) in [6.45, 7) is -0.224. The van der Waals surface area contributed by atoms with Crippen LogP contribution in [0, 0.1) is 0 Å². The van der Waals surface area contributed by atoms with E-state index in [1.165, 1.54) is 7.11 Å². The smallest absolute Gasteiger partial charge is 0.341 e. The summed E-state index contributed by atoms with van der Waals surface area (Å²) in [5.74, 6) is -0.530. The van der Waals surface area contributed by atoms with E-state index in [2.05, 4.69) is 5.32 Å². The lowest BCUT2D eigenvalue weighted by Crippen LogP contribution is -2.21. The SMILES string of the molecule is COC(=O)c1ccccc1OCC(=O)Nc1ccccc1Sc1ccccc1. The number of carbonyl (C=O) groups is 2. The highest BCUT2D eigenvalue weighted by Crippen LogP contribution is 2.33. The van der Waals surface area contributed by atoms with Crippen LogP contribution in [-0.4, -0.2) is 25.6 Å². The van der Waals surface area contributed by atoms with Crippen LogP contribution in [0.25, 0.3) is 0 Å². The molecule has 0 aliphatic heterocycles. The van der Waals surface area contributed by atoms with Crippen molar-refractivity contribution in [2.24, 2.45) is 0 Å². The largest absolute Gasteiger partial charge is 0.483 e. The van der Waals surface area contributed by atoms with Crippen molar-refractivity contribution in [1.29, 1.82) is 0 Å². The Hall–Kier alpha value is -3.25. The summed E-state index contributed by atoms with van der Waals surface area (Å²) in [6, 6.07) is 24.1. The number of hydrogen-bond donors (Lipinski definition) is 1. The van der Waals surface area contributed by atoms with Gasteiger partial charge in [-0.05, 0) is 36.4 Å². The molecule has 0 bridgehead atoms. The van der Waals surface area contributed by atoms with E-state index >= 15 is 0 Å². The molecule has 0 unspecified atom stereocenters. The molecule has 0 spiro atoms. The Morgan fingerprint density at radius 3 is 2.36 bits per heavy atom. The van der Waals surface area contributed by atoms with Crippen LogP contribution in [0.5, 0.6) is 5.75 Å². The molecule has 0 atom stereocenters. The van der Waals surface area contributed by atoms with Crippen LogP contribution in [0.4, 0.5) is 5.69 Å². The Morgan fingerprint density at radius 1 is 0.893 bits per heavy atom. The maximum atomic E-state index is 12.4. The fourth-order valence-electron chi connectivity index (χ4n) is 2.48. The molecule has 0 fully saturated rings. The maximum Gasteiger partial charge on any atom is 0.341 e. The highest BCUT2D eigenvalue weighted by Gasteiger charge is 2.14. The van der Waals surface area contributed by atoms with Gasteiger partial charge in [-0.3, -0.25) is 4.79 Å². The summed E-state index contributed by atoms with van der Waals surface area (Å²) >= 11 is 1.56. The number of hydrogen-bond acceptors (Lipinski definition) is 5. The lowest BCUT2D eigenvalue weighted by molar-refractivity contribution is -0.118. The molecule has 0 aromatic heterocycles. The molecule has 3 rings (SSSR count). The molecule has 5 nitrogen and oxygen atoms in total. The number of methoxy groups -OCH3 is 1. The second kappa shape index (κ2) is 9.62. The van der Waals surface area contributed by atoms with Gasteiger partial charge in [0.05, 0.1) is 12.8 Å². The van der Waals surface area contributed by atoms with Crippen molar-refractivity contribution in [3.05, 3.63) is 84.4 Å². The van der Waals surface area contributed by atoms with Crippen LogP contribution in [0.15, 0.2) is 88.7 Å². The molecule has 3 aromatic carbocycles. The molecule has 142 valence electrons. The zero-order chi connectivity index (χ0) is 19.8. The summed E-state index contributed by atoms with van der Waals surface area (Å²) in [4.78, 5) is 26.2. The van der Waals surface area contributed by atoms with Gasteiger partial charge in [-0.2, -0.15) is 0 Å². The van der Waals surface area contributed by atoms with Crippen molar-refractivity contribution in [2.75, 3.05) is 19.0 Å². The van der Waals surface area contributed by atoms with Crippen LogP contribution in [-0.2, 0) is 9.53 Å². The lowest BCUT2D eigenvalue weighted by atomic mass is 10.2. The van der Waals surface area contributed by atoms with Gasteiger partial charge in [-0.15, -0.1) is 0 Å². The van der Waals surface area contributed by atoms with Gasteiger partial charge in [-0.1, -0.05) is 54.2 Å². The molecule has 0 radical (unpaired) electrons. The Balaban J connectivity index is 1.66. The van der Waals surface area contributed by atoms with Gasteiger partial charge < -0.3 is 14.8 Å². The van der Waals surface area contributed by atoms with Crippen molar-refractivity contribution in [3.8, 4) is 5.75 Å². The first kappa shape index (κ1) is 19.5. The number of amides is 1. The summed E-state index contributed by atoms with van der Waals surface area (Å²) in [5, 5.41) is 2.86. The topological polar surface area (TPSA) is 64.6 Å². The number of benzene rings is 3. The van der Waals surface area contributed by atoms with E-state index in [4.69, 9.17) is 9.47 Å². The van der Waals surface area contributed by atoms with E-state index < -0.39 is 5.97 Å². The molecule has 0 saturated carbocycles. The number of nitrogens with one attached hydrogen (secondary N) is 1. The number of carbonyl (C=O) groups excluding carboxylic acids is 2. The van der Waals surface area contributed by atoms with Crippen LogP contribution < -0.4 is 10.1 Å². The molecule has 0 saturated heterocycles. The molecule has 3 aromatic rings. The molecule has 28 heavy (non-hydrogen) atoms. The van der Waals surface area contributed by atoms with Crippen molar-refractivity contribution >= 4 is 29.3 Å². The normalized spacial score (nSPS) is 10.2. The van der Waals surface area contributed by atoms with Gasteiger partial charge in [0.1, 0.15) is 11.3 Å². The second-order valence-corrected chi connectivity index (χ2v) is 6.85. The van der Waals surface area contributed by atoms with E-state index in [9.17, 15) is 9.59 Å². The van der Waals surface area contributed by atoms with Gasteiger partial charge in [-0.25, -0.2) is 4.79 Å². The van der Waals surface area contributed by atoms with Crippen molar-refractivity contribution in [2.45, 2.75) is 9.79 Å². The average Bonchev–Trinajstić information content (AvgIpc) is 2.74. The van der Waals surface area contributed by atoms with Crippen molar-refractivity contribution < 1.29 is 19.1 Å². The summed E-state index contributed by atoms with van der Waals surface area (Å²) in [6.07, 6.45) is 0. The zero-order valence-electron chi connectivity index (χ0n) is 15.3. The molecule has 1 amide bonds. The minimum absolute atomic E-state index is 0.224. The first-order valence-electron chi connectivity index (χ1n) is 8.59. The predicted octanol–water partition coefficient (Wildman–Crippen LogP) is 4.64. The lowest BCUT2D eigenvalue weighted by Gasteiger charge is -2.12. The highest BCUT2D eigenvalue weighted by molar-refractivity contribution is 7.99. The van der Waals surface area contributed by atoms with Crippen LogP contribution in [0.1, 0.15) is 10.4 Å². The third kappa shape index (κ3) is 5.14. The Bertz CT molecular complexity index is 960.